The number of rotatable bonds is 2. The molecule has 5 N–H and O–H groups in total. The fourth-order valence-corrected chi connectivity index (χ4v) is 0.778. The van der Waals surface area contributed by atoms with Crippen LogP contribution in [0.2, 0.25) is 0 Å². The molecule has 1 aromatic carbocycles. The fraction of sp³-hybridized carbons (Fsp3) is 0.125. The van der Waals surface area contributed by atoms with Gasteiger partial charge in [0.1, 0.15) is 0 Å². The van der Waals surface area contributed by atoms with Crippen molar-refractivity contribution < 1.29 is 4.79 Å². The van der Waals surface area contributed by atoms with Crippen LogP contribution in [0.3, 0.4) is 0 Å². The van der Waals surface area contributed by atoms with Crippen LogP contribution in [0.4, 0.5) is 11.4 Å². The van der Waals surface area contributed by atoms with Crippen LogP contribution in [0.1, 0.15) is 0 Å². The molecule has 1 aromatic rings. The van der Waals surface area contributed by atoms with Crippen LogP contribution >= 0.6 is 0 Å². The zero-order chi connectivity index (χ0) is 8.97. The quantitative estimate of drug-likeness (QED) is 0.546. The van der Waals surface area contributed by atoms with Gasteiger partial charge in [0, 0.05) is 11.4 Å². The van der Waals surface area contributed by atoms with Crippen LogP contribution < -0.4 is 16.8 Å². The number of nitrogen functional groups attached to an aromatic ring is 1. The molecular formula is C8H11N3O. The average Bonchev–Trinajstić information content (AvgIpc) is 2.09. The first kappa shape index (κ1) is 8.55. The minimum Gasteiger partial charge on any atom is -0.399 e. The van der Waals surface area contributed by atoms with Gasteiger partial charge in [0.15, 0.2) is 0 Å². The lowest BCUT2D eigenvalue weighted by molar-refractivity contribution is -0.114. The van der Waals surface area contributed by atoms with Gasteiger partial charge in [-0.1, -0.05) is 0 Å². The Hall–Kier alpha value is -1.55. The van der Waals surface area contributed by atoms with E-state index in [1.807, 2.05) is 0 Å². The molecule has 0 atom stereocenters. The Balaban J connectivity index is 2.64. The normalized spacial score (nSPS) is 9.42. The molecule has 0 aliphatic carbocycles. The smallest absolute Gasteiger partial charge is 0.238 e. The molecular weight excluding hydrogens is 154 g/mol. The number of carbonyl (C=O) groups is 1. The molecule has 0 heterocycles. The van der Waals surface area contributed by atoms with E-state index in [0.29, 0.717) is 11.4 Å². The first-order chi connectivity index (χ1) is 5.72. The number of nitrogens with one attached hydrogen (secondary N) is 1. The van der Waals surface area contributed by atoms with Crippen LogP contribution in [0.15, 0.2) is 24.3 Å². The molecule has 0 fully saturated rings. The van der Waals surface area contributed by atoms with Gasteiger partial charge >= 0.3 is 0 Å². The molecule has 0 unspecified atom stereocenters. The third-order valence-corrected chi connectivity index (χ3v) is 1.38. The van der Waals surface area contributed by atoms with Crippen LogP contribution in [0, 0.1) is 0 Å². The number of benzene rings is 1. The summed E-state index contributed by atoms with van der Waals surface area (Å²) in [5.74, 6) is -0.209. The van der Waals surface area contributed by atoms with E-state index < -0.39 is 0 Å². The highest BCUT2D eigenvalue weighted by molar-refractivity contribution is 5.92. The topological polar surface area (TPSA) is 81.1 Å². The van der Waals surface area contributed by atoms with E-state index in [4.69, 9.17) is 11.5 Å². The standard InChI is InChI=1S/C8H11N3O/c9-5-8(12)11-7-3-1-6(10)2-4-7/h1-4H,5,9-10H2,(H,11,12). The molecule has 1 rings (SSSR count). The van der Waals surface area contributed by atoms with Crippen molar-refractivity contribution in [3.05, 3.63) is 24.3 Å². The van der Waals surface area contributed by atoms with Crippen molar-refractivity contribution >= 4 is 17.3 Å². The Kier molecular flexibility index (Phi) is 2.66. The van der Waals surface area contributed by atoms with E-state index in [9.17, 15) is 4.79 Å². The molecule has 4 nitrogen and oxygen atoms in total. The van der Waals surface area contributed by atoms with Gasteiger partial charge in [-0.15, -0.1) is 0 Å². The van der Waals surface area contributed by atoms with Crippen LogP contribution in [-0.2, 0) is 4.79 Å². The van der Waals surface area contributed by atoms with E-state index in [2.05, 4.69) is 5.32 Å². The van der Waals surface area contributed by atoms with Gasteiger partial charge < -0.3 is 16.8 Å². The van der Waals surface area contributed by atoms with Crippen LogP contribution in [-0.4, -0.2) is 12.5 Å². The van der Waals surface area contributed by atoms with Gasteiger partial charge in [-0.25, -0.2) is 0 Å². The number of anilines is 2. The van der Waals surface area contributed by atoms with Crippen molar-refractivity contribution in [2.45, 2.75) is 0 Å². The summed E-state index contributed by atoms with van der Waals surface area (Å²) in [7, 11) is 0. The third-order valence-electron chi connectivity index (χ3n) is 1.38. The van der Waals surface area contributed by atoms with Crippen molar-refractivity contribution in [2.24, 2.45) is 5.73 Å². The summed E-state index contributed by atoms with van der Waals surface area (Å²) in [4.78, 5) is 10.8. The number of hydrogen-bond donors (Lipinski definition) is 3. The third kappa shape index (κ3) is 2.25. The summed E-state index contributed by atoms with van der Waals surface area (Å²) in [6.07, 6.45) is 0. The number of amides is 1. The molecule has 0 aliphatic heterocycles. The highest BCUT2D eigenvalue weighted by Gasteiger charge is 1.96. The van der Waals surface area contributed by atoms with E-state index in [1.54, 1.807) is 24.3 Å². The number of carbonyl (C=O) groups excluding carboxylic acids is 1. The van der Waals surface area contributed by atoms with E-state index in [1.165, 1.54) is 0 Å². The molecule has 4 heteroatoms. The zero-order valence-electron chi connectivity index (χ0n) is 6.58. The largest absolute Gasteiger partial charge is 0.399 e. The second kappa shape index (κ2) is 3.73. The van der Waals surface area contributed by atoms with Crippen molar-refractivity contribution in [3.63, 3.8) is 0 Å². The summed E-state index contributed by atoms with van der Waals surface area (Å²) < 4.78 is 0. The van der Waals surface area contributed by atoms with Crippen molar-refractivity contribution in [3.8, 4) is 0 Å². The lowest BCUT2D eigenvalue weighted by Crippen LogP contribution is -2.21. The van der Waals surface area contributed by atoms with Crippen molar-refractivity contribution in [1.29, 1.82) is 0 Å². The number of hydrogen-bond acceptors (Lipinski definition) is 3. The fourth-order valence-electron chi connectivity index (χ4n) is 0.778. The first-order valence-corrected chi connectivity index (χ1v) is 3.58. The van der Waals surface area contributed by atoms with E-state index in [-0.39, 0.29) is 12.5 Å². The minimum absolute atomic E-state index is 0.00955. The lowest BCUT2D eigenvalue weighted by atomic mass is 10.3. The van der Waals surface area contributed by atoms with Gasteiger partial charge in [-0.05, 0) is 24.3 Å². The Morgan fingerprint density at radius 3 is 2.42 bits per heavy atom. The molecule has 1 amide bonds. The second-order valence-electron chi connectivity index (χ2n) is 2.37. The molecule has 0 radical (unpaired) electrons. The highest BCUT2D eigenvalue weighted by atomic mass is 16.1. The van der Waals surface area contributed by atoms with Gasteiger partial charge in [0.2, 0.25) is 5.91 Å². The SMILES string of the molecule is NCC(=O)Nc1ccc(N)cc1. The maximum Gasteiger partial charge on any atom is 0.238 e. The highest BCUT2D eigenvalue weighted by Crippen LogP contribution is 2.09. The Bertz CT molecular complexity index is 268. The Morgan fingerprint density at radius 2 is 1.92 bits per heavy atom. The average molecular weight is 165 g/mol. The first-order valence-electron chi connectivity index (χ1n) is 3.58. The second-order valence-corrected chi connectivity index (χ2v) is 2.37. The summed E-state index contributed by atoms with van der Waals surface area (Å²) in [5.41, 5.74) is 11.9. The number of nitrogens with two attached hydrogens (primary N) is 2. The molecule has 0 saturated carbocycles. The van der Waals surface area contributed by atoms with Crippen LogP contribution in [0.5, 0.6) is 0 Å². The van der Waals surface area contributed by atoms with Gasteiger partial charge in [-0.2, -0.15) is 0 Å². The summed E-state index contributed by atoms with van der Waals surface area (Å²) >= 11 is 0. The van der Waals surface area contributed by atoms with E-state index in [0.717, 1.165) is 0 Å². The molecule has 0 bridgehead atoms. The summed E-state index contributed by atoms with van der Waals surface area (Å²) in [5, 5.41) is 2.60. The maximum atomic E-state index is 10.8. The minimum atomic E-state index is -0.209. The van der Waals surface area contributed by atoms with Crippen LogP contribution in [0.25, 0.3) is 0 Å². The molecule has 64 valence electrons. The lowest BCUT2D eigenvalue weighted by Gasteiger charge is -2.02. The molecule has 12 heavy (non-hydrogen) atoms. The summed E-state index contributed by atoms with van der Waals surface area (Å²) in [6, 6.07) is 6.88. The molecule has 0 spiro atoms. The van der Waals surface area contributed by atoms with Gasteiger partial charge in [-0.3, -0.25) is 4.79 Å². The van der Waals surface area contributed by atoms with Gasteiger partial charge in [0.25, 0.3) is 0 Å². The predicted octanol–water partition coefficient (Wildman–Crippen LogP) is 0.166. The Labute approximate surface area is 70.6 Å². The molecule has 0 aliphatic rings. The monoisotopic (exact) mass is 165 g/mol. The maximum absolute atomic E-state index is 10.8. The predicted molar refractivity (Wildman–Crippen MR) is 48.5 cm³/mol. The molecule has 0 saturated heterocycles. The van der Waals surface area contributed by atoms with Crippen molar-refractivity contribution in [1.82, 2.24) is 0 Å². The van der Waals surface area contributed by atoms with Gasteiger partial charge in [0.05, 0.1) is 6.54 Å². The summed E-state index contributed by atoms with van der Waals surface area (Å²) in [6.45, 7) is -0.00955. The molecule has 0 aromatic heterocycles. The van der Waals surface area contributed by atoms with Crippen molar-refractivity contribution in [2.75, 3.05) is 17.6 Å². The van der Waals surface area contributed by atoms with E-state index >= 15 is 0 Å². The zero-order valence-corrected chi connectivity index (χ0v) is 6.58. The Morgan fingerprint density at radius 1 is 1.33 bits per heavy atom.